The Balaban J connectivity index is 2.02. The smallest absolute Gasteiger partial charge is 0.126 e. The van der Waals surface area contributed by atoms with Crippen LogP contribution in [0.1, 0.15) is 12.8 Å². The maximum Gasteiger partial charge on any atom is 0.126 e. The number of anilines is 1. The van der Waals surface area contributed by atoms with Gasteiger partial charge in [0.25, 0.3) is 0 Å². The Hall–Kier alpha value is -0.410. The number of benzene rings is 1. The highest BCUT2D eigenvalue weighted by Gasteiger charge is 2.13. The summed E-state index contributed by atoms with van der Waals surface area (Å²) in [5, 5.41) is 3.77. The van der Waals surface area contributed by atoms with E-state index < -0.39 is 0 Å². The monoisotopic (exact) mass is 245 g/mol. The summed E-state index contributed by atoms with van der Waals surface area (Å²) in [5.74, 6) is 2.08. The largest absolute Gasteiger partial charge is 0.382 e. The molecule has 0 saturated carbocycles. The highest BCUT2D eigenvalue weighted by atomic mass is 35.5. The summed E-state index contributed by atoms with van der Waals surface area (Å²) in [6.07, 6.45) is 2.28. The Morgan fingerprint density at radius 1 is 1.27 bits per heavy atom. The van der Waals surface area contributed by atoms with Crippen molar-refractivity contribution in [2.75, 3.05) is 16.8 Å². The van der Waals surface area contributed by atoms with Gasteiger partial charge < -0.3 is 5.32 Å². The molecule has 0 atom stereocenters. The third-order valence-electron chi connectivity index (χ3n) is 2.45. The molecule has 15 heavy (non-hydrogen) atoms. The highest BCUT2D eigenvalue weighted by molar-refractivity contribution is 7.99. The molecule has 4 heteroatoms. The van der Waals surface area contributed by atoms with Crippen LogP contribution in [0.15, 0.2) is 18.2 Å². The predicted octanol–water partition coefficient (Wildman–Crippen LogP) is 3.79. The SMILES string of the molecule is Fc1cc(Cl)cc(NC2CCSCC2)c1. The van der Waals surface area contributed by atoms with E-state index in [1.165, 1.54) is 23.6 Å². The van der Waals surface area contributed by atoms with Crippen molar-refractivity contribution in [3.63, 3.8) is 0 Å². The maximum absolute atomic E-state index is 13.1. The lowest BCUT2D eigenvalue weighted by atomic mass is 10.1. The minimum absolute atomic E-state index is 0.282. The topological polar surface area (TPSA) is 12.0 Å². The van der Waals surface area contributed by atoms with Gasteiger partial charge in [-0.1, -0.05) is 11.6 Å². The molecule has 0 aromatic heterocycles. The lowest BCUT2D eigenvalue weighted by Gasteiger charge is -2.23. The van der Waals surface area contributed by atoms with Gasteiger partial charge in [-0.2, -0.15) is 11.8 Å². The summed E-state index contributed by atoms with van der Waals surface area (Å²) in [6.45, 7) is 0. The van der Waals surface area contributed by atoms with Crippen LogP contribution in [-0.2, 0) is 0 Å². The number of nitrogens with one attached hydrogen (secondary N) is 1. The molecule has 1 heterocycles. The molecule has 1 saturated heterocycles. The molecule has 1 fully saturated rings. The van der Waals surface area contributed by atoms with Gasteiger partial charge in [0.2, 0.25) is 0 Å². The number of thioether (sulfide) groups is 1. The molecule has 1 aliphatic heterocycles. The molecule has 1 nitrogen and oxygen atoms in total. The standard InChI is InChI=1S/C11H13ClFNS/c12-8-5-9(13)7-11(6-8)14-10-1-3-15-4-2-10/h5-7,10,14H,1-4H2. The van der Waals surface area contributed by atoms with Gasteiger partial charge in [0.1, 0.15) is 5.82 Å². The quantitative estimate of drug-likeness (QED) is 0.851. The maximum atomic E-state index is 13.1. The van der Waals surface area contributed by atoms with Crippen molar-refractivity contribution in [2.45, 2.75) is 18.9 Å². The molecule has 2 rings (SSSR count). The van der Waals surface area contributed by atoms with E-state index in [0.717, 1.165) is 18.5 Å². The van der Waals surface area contributed by atoms with Crippen LogP contribution in [-0.4, -0.2) is 17.5 Å². The molecule has 1 aromatic carbocycles. The third-order valence-corrected chi connectivity index (χ3v) is 3.72. The average molecular weight is 246 g/mol. The fourth-order valence-corrected chi connectivity index (χ4v) is 3.04. The van der Waals surface area contributed by atoms with Crippen molar-refractivity contribution >= 4 is 29.1 Å². The second-order valence-corrected chi connectivity index (χ2v) is 5.35. The van der Waals surface area contributed by atoms with E-state index in [0.29, 0.717) is 11.1 Å². The molecule has 1 N–H and O–H groups in total. The number of hydrogen-bond acceptors (Lipinski definition) is 2. The Bertz CT molecular complexity index is 319. The Morgan fingerprint density at radius 3 is 2.67 bits per heavy atom. The van der Waals surface area contributed by atoms with Gasteiger partial charge in [-0.15, -0.1) is 0 Å². The Morgan fingerprint density at radius 2 is 2.00 bits per heavy atom. The van der Waals surface area contributed by atoms with E-state index in [1.807, 2.05) is 11.8 Å². The summed E-state index contributed by atoms with van der Waals surface area (Å²) >= 11 is 7.76. The van der Waals surface area contributed by atoms with Gasteiger partial charge in [-0.25, -0.2) is 4.39 Å². The van der Waals surface area contributed by atoms with Crippen molar-refractivity contribution in [1.29, 1.82) is 0 Å². The van der Waals surface area contributed by atoms with Crippen LogP contribution in [0.4, 0.5) is 10.1 Å². The Labute approximate surface area is 98.4 Å². The first-order chi connectivity index (χ1) is 7.24. The molecular formula is C11H13ClFNS. The third kappa shape index (κ3) is 3.28. The normalized spacial score (nSPS) is 17.7. The zero-order valence-electron chi connectivity index (χ0n) is 8.30. The van der Waals surface area contributed by atoms with E-state index >= 15 is 0 Å². The van der Waals surface area contributed by atoms with Gasteiger partial charge in [-0.05, 0) is 42.5 Å². The zero-order chi connectivity index (χ0) is 10.7. The van der Waals surface area contributed by atoms with Crippen LogP contribution in [0.5, 0.6) is 0 Å². The summed E-state index contributed by atoms with van der Waals surface area (Å²) < 4.78 is 13.1. The first-order valence-corrected chi connectivity index (χ1v) is 6.58. The molecule has 0 aliphatic carbocycles. The number of rotatable bonds is 2. The van der Waals surface area contributed by atoms with Crippen LogP contribution in [0.3, 0.4) is 0 Å². The second kappa shape index (κ2) is 5.08. The number of hydrogen-bond donors (Lipinski definition) is 1. The average Bonchev–Trinajstić information content (AvgIpc) is 2.17. The minimum Gasteiger partial charge on any atom is -0.382 e. The summed E-state index contributed by atoms with van der Waals surface area (Å²) in [7, 11) is 0. The van der Waals surface area contributed by atoms with E-state index in [1.54, 1.807) is 6.07 Å². The minimum atomic E-state index is -0.282. The molecule has 0 unspecified atom stereocenters. The number of halogens is 2. The lowest BCUT2D eigenvalue weighted by Crippen LogP contribution is -2.24. The summed E-state index contributed by atoms with van der Waals surface area (Å²) in [6, 6.07) is 5.05. The van der Waals surface area contributed by atoms with Crippen LogP contribution in [0, 0.1) is 5.82 Å². The first kappa shape index (κ1) is 11.1. The summed E-state index contributed by atoms with van der Waals surface area (Å²) in [5.41, 5.74) is 0.789. The van der Waals surface area contributed by atoms with E-state index in [4.69, 9.17) is 11.6 Å². The Kier molecular flexibility index (Phi) is 3.76. The van der Waals surface area contributed by atoms with Gasteiger partial charge >= 0.3 is 0 Å². The van der Waals surface area contributed by atoms with Crippen LogP contribution < -0.4 is 5.32 Å². The highest BCUT2D eigenvalue weighted by Crippen LogP contribution is 2.23. The molecule has 0 spiro atoms. The zero-order valence-corrected chi connectivity index (χ0v) is 9.87. The van der Waals surface area contributed by atoms with Crippen molar-refractivity contribution in [3.8, 4) is 0 Å². The van der Waals surface area contributed by atoms with E-state index in [2.05, 4.69) is 5.32 Å². The van der Waals surface area contributed by atoms with Gasteiger partial charge in [0.15, 0.2) is 0 Å². The van der Waals surface area contributed by atoms with E-state index in [9.17, 15) is 4.39 Å². The molecule has 1 aromatic rings. The van der Waals surface area contributed by atoms with Crippen molar-refractivity contribution < 1.29 is 4.39 Å². The predicted molar refractivity (Wildman–Crippen MR) is 65.4 cm³/mol. The molecule has 0 radical (unpaired) electrons. The van der Waals surface area contributed by atoms with Crippen LogP contribution >= 0.6 is 23.4 Å². The molecule has 0 amide bonds. The van der Waals surface area contributed by atoms with E-state index in [-0.39, 0.29) is 5.82 Å². The van der Waals surface area contributed by atoms with Gasteiger partial charge in [-0.3, -0.25) is 0 Å². The molecule has 1 aliphatic rings. The van der Waals surface area contributed by atoms with Crippen LogP contribution in [0.2, 0.25) is 5.02 Å². The van der Waals surface area contributed by atoms with Crippen molar-refractivity contribution in [2.24, 2.45) is 0 Å². The fourth-order valence-electron chi connectivity index (χ4n) is 1.71. The lowest BCUT2D eigenvalue weighted by molar-refractivity contribution is 0.625. The molecular weight excluding hydrogens is 233 g/mol. The van der Waals surface area contributed by atoms with Crippen molar-refractivity contribution in [3.05, 3.63) is 29.0 Å². The first-order valence-electron chi connectivity index (χ1n) is 5.04. The summed E-state index contributed by atoms with van der Waals surface area (Å²) in [4.78, 5) is 0. The second-order valence-electron chi connectivity index (χ2n) is 3.69. The van der Waals surface area contributed by atoms with Gasteiger partial charge in [0, 0.05) is 16.8 Å². The van der Waals surface area contributed by atoms with Gasteiger partial charge in [0.05, 0.1) is 0 Å². The fraction of sp³-hybridized carbons (Fsp3) is 0.455. The van der Waals surface area contributed by atoms with Crippen LogP contribution in [0.25, 0.3) is 0 Å². The van der Waals surface area contributed by atoms with Crippen molar-refractivity contribution in [1.82, 2.24) is 0 Å². The molecule has 0 bridgehead atoms. The molecule has 82 valence electrons.